The fourth-order valence-electron chi connectivity index (χ4n) is 10.6. The standard InChI is InChI=1S/C55H33N/c1-32-16-8-12-28-45(32)56-46-29-13-11-23-38(46)52-39-25-15-27-41-51(39)44(31-47(52)56)55-48(33-17-4-2-5-18-33)43-30-42-36-22-10-9-21-35(36)37-24-14-26-40(50(37)42)53(43)49(54(41)55)34-19-6-3-7-20-34/h2-31H,1H3. The topological polar surface area (TPSA) is 4.93 Å². The van der Waals surface area contributed by atoms with Crippen LogP contribution in [0.1, 0.15) is 5.56 Å². The monoisotopic (exact) mass is 707 g/mol. The zero-order valence-corrected chi connectivity index (χ0v) is 30.8. The molecule has 0 saturated carbocycles. The molecule has 0 fully saturated rings. The third-order valence-corrected chi connectivity index (χ3v) is 12.8. The van der Waals surface area contributed by atoms with Crippen LogP contribution >= 0.6 is 0 Å². The Hall–Kier alpha value is -7.22. The maximum absolute atomic E-state index is 2.53. The Kier molecular flexibility index (Phi) is 5.89. The van der Waals surface area contributed by atoms with E-state index >= 15 is 0 Å². The zero-order valence-electron chi connectivity index (χ0n) is 30.8. The Bertz CT molecular complexity index is 3740. The minimum atomic E-state index is 1.22. The molecule has 56 heavy (non-hydrogen) atoms. The third kappa shape index (κ3) is 3.75. The van der Waals surface area contributed by atoms with E-state index < -0.39 is 0 Å². The van der Waals surface area contributed by atoms with Crippen LogP contribution in [-0.4, -0.2) is 4.57 Å². The van der Waals surface area contributed by atoms with Crippen LogP contribution in [0, 0.1) is 6.92 Å². The molecule has 0 N–H and O–H groups in total. The Morgan fingerprint density at radius 2 is 0.804 bits per heavy atom. The molecule has 13 rings (SSSR count). The van der Waals surface area contributed by atoms with Gasteiger partial charge in [-0.15, -0.1) is 0 Å². The number of hydrogen-bond donors (Lipinski definition) is 0. The van der Waals surface area contributed by atoms with Gasteiger partial charge in [0.05, 0.1) is 11.0 Å². The fraction of sp³-hybridized carbons (Fsp3) is 0.0182. The van der Waals surface area contributed by atoms with Crippen LogP contribution in [0.3, 0.4) is 0 Å². The van der Waals surface area contributed by atoms with Crippen molar-refractivity contribution in [1.29, 1.82) is 0 Å². The molecule has 0 spiro atoms. The number of aryl methyl sites for hydroxylation is 1. The van der Waals surface area contributed by atoms with Gasteiger partial charge in [-0.3, -0.25) is 0 Å². The van der Waals surface area contributed by atoms with Crippen molar-refractivity contribution in [2.24, 2.45) is 0 Å². The van der Waals surface area contributed by atoms with Crippen molar-refractivity contribution >= 4 is 97.2 Å². The van der Waals surface area contributed by atoms with Gasteiger partial charge in [-0.25, -0.2) is 0 Å². The molecule has 1 heterocycles. The highest BCUT2D eigenvalue weighted by atomic mass is 15.0. The van der Waals surface area contributed by atoms with Gasteiger partial charge in [0.1, 0.15) is 0 Å². The molecule has 13 aromatic rings. The average Bonchev–Trinajstić information content (AvgIpc) is 3.88. The highest BCUT2D eigenvalue weighted by Crippen LogP contribution is 2.55. The summed E-state index contributed by atoms with van der Waals surface area (Å²) in [6, 6.07) is 68.1. The highest BCUT2D eigenvalue weighted by molar-refractivity contribution is 6.46. The quantitative estimate of drug-likeness (QED) is 0.161. The summed E-state index contributed by atoms with van der Waals surface area (Å²) >= 11 is 0. The number of aromatic nitrogens is 1. The molecule has 0 radical (unpaired) electrons. The Labute approximate surface area is 322 Å². The molecule has 0 aliphatic heterocycles. The summed E-state index contributed by atoms with van der Waals surface area (Å²) in [5, 5.41) is 21.1. The van der Waals surface area contributed by atoms with Gasteiger partial charge >= 0.3 is 0 Å². The first-order chi connectivity index (χ1) is 27.8. The van der Waals surface area contributed by atoms with Crippen LogP contribution in [0.15, 0.2) is 182 Å². The lowest BCUT2D eigenvalue weighted by molar-refractivity contribution is 1.15. The van der Waals surface area contributed by atoms with E-state index in [9.17, 15) is 0 Å². The maximum atomic E-state index is 2.53. The van der Waals surface area contributed by atoms with Crippen LogP contribution < -0.4 is 0 Å². The molecule has 0 atom stereocenters. The van der Waals surface area contributed by atoms with E-state index in [0.717, 1.165) is 0 Å². The SMILES string of the molecule is Cc1ccccc1-n1c2ccccc2c2c3cccc4c5c(-c6ccccc6)c6c(cc7c8ccccc8c8cccc6c87)c(-c6ccccc6)c5c(cc21)c43. The Morgan fingerprint density at radius 3 is 1.54 bits per heavy atom. The predicted octanol–water partition coefficient (Wildman–Crippen LogP) is 15.4. The average molecular weight is 708 g/mol. The van der Waals surface area contributed by atoms with Crippen LogP contribution in [0.25, 0.3) is 125 Å². The van der Waals surface area contributed by atoms with Gasteiger partial charge in [-0.1, -0.05) is 158 Å². The minimum absolute atomic E-state index is 1.22. The van der Waals surface area contributed by atoms with E-state index in [-0.39, 0.29) is 0 Å². The lowest BCUT2D eigenvalue weighted by atomic mass is 9.84. The summed E-state index contributed by atoms with van der Waals surface area (Å²) in [5.41, 5.74) is 10.1. The first-order valence-electron chi connectivity index (χ1n) is 19.6. The number of hydrogen-bond acceptors (Lipinski definition) is 0. The molecule has 1 nitrogen and oxygen atoms in total. The number of nitrogens with zero attached hydrogens (tertiary/aromatic N) is 1. The fourth-order valence-corrected chi connectivity index (χ4v) is 10.6. The van der Waals surface area contributed by atoms with Crippen molar-refractivity contribution < 1.29 is 0 Å². The van der Waals surface area contributed by atoms with E-state index in [1.54, 1.807) is 0 Å². The molecule has 0 aliphatic rings. The van der Waals surface area contributed by atoms with Crippen LogP contribution in [0.5, 0.6) is 0 Å². The Balaban J connectivity index is 1.37. The zero-order chi connectivity index (χ0) is 36.6. The van der Waals surface area contributed by atoms with E-state index in [2.05, 4.69) is 193 Å². The molecule has 1 heteroatoms. The molecular weight excluding hydrogens is 675 g/mol. The van der Waals surface area contributed by atoms with Crippen LogP contribution in [0.2, 0.25) is 0 Å². The smallest absolute Gasteiger partial charge is 0.0553 e. The summed E-state index contributed by atoms with van der Waals surface area (Å²) in [7, 11) is 0. The number of para-hydroxylation sites is 2. The number of benzene rings is 10. The molecule has 258 valence electrons. The van der Waals surface area contributed by atoms with Gasteiger partial charge < -0.3 is 4.57 Å². The van der Waals surface area contributed by atoms with Crippen molar-refractivity contribution in [2.75, 3.05) is 0 Å². The lowest BCUT2D eigenvalue weighted by Crippen LogP contribution is -1.96. The molecular formula is C55H33N. The molecule has 12 aromatic carbocycles. The highest BCUT2D eigenvalue weighted by Gasteiger charge is 2.28. The largest absolute Gasteiger partial charge is 0.309 e. The summed E-state index contributed by atoms with van der Waals surface area (Å²) in [6.07, 6.45) is 0. The third-order valence-electron chi connectivity index (χ3n) is 12.8. The first kappa shape index (κ1) is 30.1. The van der Waals surface area contributed by atoms with Crippen molar-refractivity contribution in [3.63, 3.8) is 0 Å². The molecule has 0 aliphatic carbocycles. The summed E-state index contributed by atoms with van der Waals surface area (Å²) in [6.45, 7) is 2.23. The van der Waals surface area contributed by atoms with Crippen molar-refractivity contribution in [3.05, 3.63) is 188 Å². The Morgan fingerprint density at radius 1 is 0.286 bits per heavy atom. The summed E-state index contributed by atoms with van der Waals surface area (Å²) < 4.78 is 2.51. The maximum Gasteiger partial charge on any atom is 0.0553 e. The molecule has 0 unspecified atom stereocenters. The van der Waals surface area contributed by atoms with Crippen molar-refractivity contribution in [1.82, 2.24) is 4.57 Å². The van der Waals surface area contributed by atoms with E-state index in [1.807, 2.05) is 0 Å². The first-order valence-corrected chi connectivity index (χ1v) is 19.6. The van der Waals surface area contributed by atoms with Gasteiger partial charge in [0.15, 0.2) is 0 Å². The van der Waals surface area contributed by atoms with Gasteiger partial charge in [-0.2, -0.15) is 0 Å². The number of fused-ring (bicyclic) bond motifs is 12. The molecule has 0 saturated heterocycles. The van der Waals surface area contributed by atoms with Crippen molar-refractivity contribution in [3.8, 4) is 27.9 Å². The minimum Gasteiger partial charge on any atom is -0.309 e. The van der Waals surface area contributed by atoms with Gasteiger partial charge in [-0.05, 0) is 134 Å². The van der Waals surface area contributed by atoms with Crippen molar-refractivity contribution in [2.45, 2.75) is 6.92 Å². The number of rotatable bonds is 3. The lowest BCUT2D eigenvalue weighted by Gasteiger charge is -2.19. The van der Waals surface area contributed by atoms with Crippen LogP contribution in [0.4, 0.5) is 0 Å². The van der Waals surface area contributed by atoms with E-state index in [1.165, 1.54) is 131 Å². The van der Waals surface area contributed by atoms with E-state index in [4.69, 9.17) is 0 Å². The van der Waals surface area contributed by atoms with Gasteiger partial charge in [0.2, 0.25) is 0 Å². The van der Waals surface area contributed by atoms with Gasteiger partial charge in [0, 0.05) is 16.5 Å². The second kappa shape index (κ2) is 10.9. The molecule has 0 bridgehead atoms. The van der Waals surface area contributed by atoms with Crippen LogP contribution in [-0.2, 0) is 0 Å². The second-order valence-corrected chi connectivity index (χ2v) is 15.5. The predicted molar refractivity (Wildman–Crippen MR) is 241 cm³/mol. The normalized spacial score (nSPS) is 12.4. The molecule has 1 aromatic heterocycles. The molecule has 0 amide bonds. The van der Waals surface area contributed by atoms with E-state index in [0.29, 0.717) is 0 Å². The summed E-state index contributed by atoms with van der Waals surface area (Å²) in [4.78, 5) is 0. The second-order valence-electron chi connectivity index (χ2n) is 15.5. The van der Waals surface area contributed by atoms with Gasteiger partial charge in [0.25, 0.3) is 0 Å². The summed E-state index contributed by atoms with van der Waals surface area (Å²) in [5.74, 6) is 0.